The molecular weight excluding hydrogens is 316 g/mol. The molecule has 0 aliphatic carbocycles. The first kappa shape index (κ1) is 19.2. The van der Waals surface area contributed by atoms with Crippen molar-refractivity contribution >= 4 is 17.6 Å². The molecule has 3 N–H and O–H groups in total. The molecule has 25 heavy (non-hydrogen) atoms. The maximum atomic E-state index is 12.5. The number of piperidine rings is 1. The Morgan fingerprint density at radius 2 is 1.88 bits per heavy atom. The quantitative estimate of drug-likeness (QED) is 0.831. The van der Waals surface area contributed by atoms with Crippen LogP contribution in [-0.4, -0.2) is 54.5 Å². The monoisotopic (exact) mass is 346 g/mol. The smallest absolute Gasteiger partial charge is 0.321 e. The number of urea groups is 1. The molecule has 2 rings (SSSR count). The minimum Gasteiger partial charge on any atom is -0.366 e. The minimum atomic E-state index is -0.493. The SMILES string of the molecule is CCN(CC)CC1CCN(C(=O)Nc2cc(C(N)=O)ccc2C)CC1. The molecule has 1 saturated heterocycles. The number of rotatable bonds is 6. The molecule has 3 amide bonds. The van der Waals surface area contributed by atoms with Gasteiger partial charge in [0, 0.05) is 30.9 Å². The summed E-state index contributed by atoms with van der Waals surface area (Å²) in [6.07, 6.45) is 2.06. The van der Waals surface area contributed by atoms with Crippen molar-refractivity contribution in [1.82, 2.24) is 9.80 Å². The second-order valence-electron chi connectivity index (χ2n) is 6.74. The number of primary amides is 1. The van der Waals surface area contributed by atoms with Gasteiger partial charge < -0.3 is 20.9 Å². The van der Waals surface area contributed by atoms with Gasteiger partial charge in [-0.1, -0.05) is 19.9 Å². The van der Waals surface area contributed by atoms with Crippen LogP contribution in [-0.2, 0) is 0 Å². The van der Waals surface area contributed by atoms with Crippen LogP contribution >= 0.6 is 0 Å². The van der Waals surface area contributed by atoms with Crippen molar-refractivity contribution < 1.29 is 9.59 Å². The minimum absolute atomic E-state index is 0.106. The molecule has 1 aromatic rings. The average molecular weight is 346 g/mol. The number of aryl methyl sites for hydroxylation is 1. The molecule has 1 aromatic carbocycles. The first-order valence-electron chi connectivity index (χ1n) is 9.13. The summed E-state index contributed by atoms with van der Waals surface area (Å²) in [5, 5.41) is 2.92. The third kappa shape index (κ3) is 5.19. The van der Waals surface area contributed by atoms with Gasteiger partial charge in [0.2, 0.25) is 5.91 Å². The molecule has 0 aromatic heterocycles. The van der Waals surface area contributed by atoms with Crippen molar-refractivity contribution in [3.8, 4) is 0 Å². The maximum absolute atomic E-state index is 12.5. The lowest BCUT2D eigenvalue weighted by molar-refractivity contribution is 0.1000. The Hall–Kier alpha value is -2.08. The normalized spacial score (nSPS) is 15.4. The summed E-state index contributed by atoms with van der Waals surface area (Å²) < 4.78 is 0. The number of nitrogens with one attached hydrogen (secondary N) is 1. The zero-order chi connectivity index (χ0) is 18.4. The molecule has 138 valence electrons. The van der Waals surface area contributed by atoms with Crippen molar-refractivity contribution in [2.75, 3.05) is 38.0 Å². The molecule has 0 unspecified atom stereocenters. The van der Waals surface area contributed by atoms with E-state index in [0.717, 1.165) is 51.1 Å². The highest BCUT2D eigenvalue weighted by Crippen LogP contribution is 2.21. The molecule has 1 heterocycles. The van der Waals surface area contributed by atoms with Crippen molar-refractivity contribution in [3.63, 3.8) is 0 Å². The standard InChI is InChI=1S/C19H30N4O2/c1-4-22(5-2)13-15-8-10-23(11-9-15)19(25)21-17-12-16(18(20)24)7-6-14(17)3/h6-7,12,15H,4-5,8-11,13H2,1-3H3,(H2,20,24)(H,21,25). The third-order valence-electron chi connectivity index (χ3n) is 5.08. The van der Waals surface area contributed by atoms with Crippen LogP contribution in [0.5, 0.6) is 0 Å². The van der Waals surface area contributed by atoms with Crippen LogP contribution in [0, 0.1) is 12.8 Å². The van der Waals surface area contributed by atoms with E-state index in [4.69, 9.17) is 5.73 Å². The number of likely N-dealkylation sites (tertiary alicyclic amines) is 1. The summed E-state index contributed by atoms with van der Waals surface area (Å²) in [5.41, 5.74) is 7.28. The fourth-order valence-corrected chi connectivity index (χ4v) is 3.27. The van der Waals surface area contributed by atoms with E-state index in [1.807, 2.05) is 11.8 Å². The summed E-state index contributed by atoms with van der Waals surface area (Å²) in [5.74, 6) is 0.164. The molecule has 6 heteroatoms. The lowest BCUT2D eigenvalue weighted by Gasteiger charge is -2.34. The fraction of sp³-hybridized carbons (Fsp3) is 0.579. The highest BCUT2D eigenvalue weighted by Gasteiger charge is 2.24. The number of nitrogens with two attached hydrogens (primary N) is 1. The molecule has 1 aliphatic heterocycles. The number of anilines is 1. The van der Waals surface area contributed by atoms with E-state index in [9.17, 15) is 9.59 Å². The van der Waals surface area contributed by atoms with Gasteiger partial charge in [0.25, 0.3) is 0 Å². The van der Waals surface area contributed by atoms with Crippen molar-refractivity contribution in [2.24, 2.45) is 11.7 Å². The number of hydrogen-bond donors (Lipinski definition) is 2. The predicted molar refractivity (Wildman–Crippen MR) is 101 cm³/mol. The van der Waals surface area contributed by atoms with Crippen molar-refractivity contribution in [2.45, 2.75) is 33.6 Å². The van der Waals surface area contributed by atoms with Crippen LogP contribution in [0.1, 0.15) is 42.6 Å². The van der Waals surface area contributed by atoms with Crippen LogP contribution in [0.4, 0.5) is 10.5 Å². The van der Waals surface area contributed by atoms with Crippen LogP contribution in [0.2, 0.25) is 0 Å². The average Bonchev–Trinajstić information content (AvgIpc) is 2.61. The Bertz CT molecular complexity index is 605. The van der Waals surface area contributed by atoms with E-state index in [-0.39, 0.29) is 6.03 Å². The molecular formula is C19H30N4O2. The molecule has 1 fully saturated rings. The van der Waals surface area contributed by atoms with Gasteiger partial charge in [-0.3, -0.25) is 4.79 Å². The lowest BCUT2D eigenvalue weighted by Crippen LogP contribution is -2.43. The highest BCUT2D eigenvalue weighted by molar-refractivity contribution is 5.96. The van der Waals surface area contributed by atoms with Crippen LogP contribution in [0.3, 0.4) is 0 Å². The van der Waals surface area contributed by atoms with Crippen LogP contribution < -0.4 is 11.1 Å². The number of benzene rings is 1. The first-order valence-corrected chi connectivity index (χ1v) is 9.13. The van der Waals surface area contributed by atoms with Gasteiger partial charge in [-0.25, -0.2) is 4.79 Å². The third-order valence-corrected chi connectivity index (χ3v) is 5.08. The zero-order valence-electron chi connectivity index (χ0n) is 15.5. The van der Waals surface area contributed by atoms with E-state index in [1.165, 1.54) is 0 Å². The first-order chi connectivity index (χ1) is 11.9. The van der Waals surface area contributed by atoms with Gasteiger partial charge in [0.15, 0.2) is 0 Å². The Labute approximate surface area is 150 Å². The summed E-state index contributed by atoms with van der Waals surface area (Å²) in [7, 11) is 0. The van der Waals surface area contributed by atoms with Crippen LogP contribution in [0.25, 0.3) is 0 Å². The second kappa shape index (κ2) is 8.85. The Kier molecular flexibility index (Phi) is 6.82. The summed E-state index contributed by atoms with van der Waals surface area (Å²) in [6.45, 7) is 11.1. The maximum Gasteiger partial charge on any atom is 0.321 e. The van der Waals surface area contributed by atoms with E-state index >= 15 is 0 Å². The number of hydrogen-bond acceptors (Lipinski definition) is 3. The molecule has 6 nitrogen and oxygen atoms in total. The van der Waals surface area contributed by atoms with Gasteiger partial charge in [-0.2, -0.15) is 0 Å². The van der Waals surface area contributed by atoms with Crippen molar-refractivity contribution in [1.29, 1.82) is 0 Å². The van der Waals surface area contributed by atoms with Gasteiger partial charge in [-0.15, -0.1) is 0 Å². The summed E-state index contributed by atoms with van der Waals surface area (Å²) in [4.78, 5) is 28.2. The second-order valence-corrected chi connectivity index (χ2v) is 6.74. The van der Waals surface area contributed by atoms with Gasteiger partial charge in [-0.05, 0) is 56.5 Å². The number of nitrogens with zero attached hydrogens (tertiary/aromatic N) is 2. The predicted octanol–water partition coefficient (Wildman–Crippen LogP) is 2.68. The Morgan fingerprint density at radius 1 is 1.24 bits per heavy atom. The summed E-state index contributed by atoms with van der Waals surface area (Å²) >= 11 is 0. The Morgan fingerprint density at radius 3 is 2.44 bits per heavy atom. The van der Waals surface area contributed by atoms with Gasteiger partial charge >= 0.3 is 6.03 Å². The zero-order valence-corrected chi connectivity index (χ0v) is 15.5. The van der Waals surface area contributed by atoms with E-state index in [1.54, 1.807) is 18.2 Å². The molecule has 1 aliphatic rings. The van der Waals surface area contributed by atoms with E-state index in [2.05, 4.69) is 24.1 Å². The number of carbonyl (C=O) groups is 2. The highest BCUT2D eigenvalue weighted by atomic mass is 16.2. The largest absolute Gasteiger partial charge is 0.366 e. The van der Waals surface area contributed by atoms with E-state index in [0.29, 0.717) is 17.2 Å². The number of carbonyl (C=O) groups excluding carboxylic acids is 2. The Balaban J connectivity index is 1.91. The van der Waals surface area contributed by atoms with Crippen molar-refractivity contribution in [3.05, 3.63) is 29.3 Å². The fourth-order valence-electron chi connectivity index (χ4n) is 3.27. The lowest BCUT2D eigenvalue weighted by atomic mass is 9.96. The molecule has 0 spiro atoms. The van der Waals surface area contributed by atoms with Gasteiger partial charge in [0.05, 0.1) is 0 Å². The van der Waals surface area contributed by atoms with E-state index < -0.39 is 5.91 Å². The van der Waals surface area contributed by atoms with Crippen LogP contribution in [0.15, 0.2) is 18.2 Å². The molecule has 0 saturated carbocycles. The molecule has 0 bridgehead atoms. The van der Waals surface area contributed by atoms with Gasteiger partial charge in [0.1, 0.15) is 0 Å². The molecule has 0 atom stereocenters. The summed E-state index contributed by atoms with van der Waals surface area (Å²) in [6, 6.07) is 5.01. The topological polar surface area (TPSA) is 78.7 Å². The molecule has 0 radical (unpaired) electrons. The number of amides is 3.